The van der Waals surface area contributed by atoms with Gasteiger partial charge in [0.05, 0.1) is 4.47 Å². The van der Waals surface area contributed by atoms with E-state index < -0.39 is 11.4 Å². The maximum absolute atomic E-state index is 12.8. The fourth-order valence-electron chi connectivity index (χ4n) is 1.07. The number of H-pyrrole nitrogens is 1. The number of nitrogens with one attached hydrogen (secondary N) is 1. The average Bonchev–Trinajstić information content (AvgIpc) is 2.25. The molecular formula is C10H6BrFN2O2. The van der Waals surface area contributed by atoms with Crippen molar-refractivity contribution in [3.8, 4) is 11.6 Å². The molecule has 1 N–H and O–H groups in total. The molecule has 2 aromatic rings. The fraction of sp³-hybridized carbons (Fsp3) is 0. The van der Waals surface area contributed by atoms with Crippen LogP contribution in [0.15, 0.2) is 39.9 Å². The number of hydrogen-bond donors (Lipinski definition) is 1. The lowest BCUT2D eigenvalue weighted by Crippen LogP contribution is -2.09. The van der Waals surface area contributed by atoms with Crippen molar-refractivity contribution in [2.75, 3.05) is 0 Å². The van der Waals surface area contributed by atoms with Gasteiger partial charge >= 0.3 is 5.56 Å². The lowest BCUT2D eigenvalue weighted by Gasteiger charge is -2.05. The minimum atomic E-state index is -0.446. The molecule has 0 saturated heterocycles. The monoisotopic (exact) mass is 284 g/mol. The van der Waals surface area contributed by atoms with Gasteiger partial charge in [0.2, 0.25) is 0 Å². The zero-order chi connectivity index (χ0) is 11.5. The van der Waals surface area contributed by atoms with Gasteiger partial charge in [-0.25, -0.2) is 9.37 Å². The molecule has 6 heteroatoms. The Morgan fingerprint density at radius 1 is 1.44 bits per heavy atom. The summed E-state index contributed by atoms with van der Waals surface area (Å²) in [6.07, 6.45) is 2.79. The molecule has 0 fully saturated rings. The molecule has 4 nitrogen and oxygen atoms in total. The first kappa shape index (κ1) is 10.8. The van der Waals surface area contributed by atoms with Crippen molar-refractivity contribution in [2.45, 2.75) is 0 Å². The quantitative estimate of drug-likeness (QED) is 0.922. The van der Waals surface area contributed by atoms with Crippen LogP contribution in [0, 0.1) is 5.82 Å². The fourth-order valence-corrected chi connectivity index (χ4v) is 1.50. The van der Waals surface area contributed by atoms with Gasteiger partial charge in [0.15, 0.2) is 0 Å². The predicted molar refractivity (Wildman–Crippen MR) is 59.0 cm³/mol. The molecular weight excluding hydrogens is 279 g/mol. The molecule has 1 aromatic carbocycles. The molecule has 0 atom stereocenters. The number of aromatic nitrogens is 2. The number of halogens is 2. The van der Waals surface area contributed by atoms with Crippen molar-refractivity contribution in [3.63, 3.8) is 0 Å². The van der Waals surface area contributed by atoms with Crippen LogP contribution < -0.4 is 10.3 Å². The van der Waals surface area contributed by atoms with Gasteiger partial charge in [-0.3, -0.25) is 4.79 Å². The summed E-state index contributed by atoms with van der Waals surface area (Å²) in [5.41, 5.74) is -0.446. The van der Waals surface area contributed by atoms with E-state index in [0.717, 1.165) is 0 Å². The third-order valence-electron chi connectivity index (χ3n) is 1.78. The first-order valence-electron chi connectivity index (χ1n) is 4.33. The summed E-state index contributed by atoms with van der Waals surface area (Å²) >= 11 is 3.12. The zero-order valence-corrected chi connectivity index (χ0v) is 9.49. The minimum absolute atomic E-state index is 0.0881. The molecule has 0 spiro atoms. The van der Waals surface area contributed by atoms with E-state index >= 15 is 0 Å². The molecule has 16 heavy (non-hydrogen) atoms. The van der Waals surface area contributed by atoms with Crippen LogP contribution in [0.25, 0.3) is 0 Å². The molecule has 82 valence electrons. The van der Waals surface area contributed by atoms with Crippen molar-refractivity contribution < 1.29 is 9.13 Å². The molecule has 0 aliphatic heterocycles. The molecule has 0 aliphatic rings. The van der Waals surface area contributed by atoms with Gasteiger partial charge < -0.3 is 9.72 Å². The van der Waals surface area contributed by atoms with E-state index in [0.29, 0.717) is 10.2 Å². The van der Waals surface area contributed by atoms with Crippen LogP contribution in [0.5, 0.6) is 11.6 Å². The van der Waals surface area contributed by atoms with Gasteiger partial charge in [-0.15, -0.1) is 0 Å². The summed E-state index contributed by atoms with van der Waals surface area (Å²) in [7, 11) is 0. The molecule has 0 bridgehead atoms. The largest absolute Gasteiger partial charge is 0.433 e. The Kier molecular flexibility index (Phi) is 3.00. The Morgan fingerprint density at radius 2 is 2.25 bits per heavy atom. The first-order valence-corrected chi connectivity index (χ1v) is 5.13. The Morgan fingerprint density at radius 3 is 2.94 bits per heavy atom. The molecule has 0 aliphatic carbocycles. The molecule has 1 aromatic heterocycles. The van der Waals surface area contributed by atoms with Gasteiger partial charge in [-0.2, -0.15) is 0 Å². The van der Waals surface area contributed by atoms with Gasteiger partial charge in [0.25, 0.3) is 5.88 Å². The summed E-state index contributed by atoms with van der Waals surface area (Å²) in [6.45, 7) is 0. The molecule has 1 heterocycles. The van der Waals surface area contributed by atoms with E-state index in [1.165, 1.54) is 30.6 Å². The Labute approximate surface area is 98.2 Å². The van der Waals surface area contributed by atoms with Crippen LogP contribution in [0.2, 0.25) is 0 Å². The standard InChI is InChI=1S/C10H6BrFN2O2/c11-7-5-6(12)1-2-8(7)16-10-9(15)13-3-4-14-10/h1-5H,(H,13,15). The highest BCUT2D eigenvalue weighted by Gasteiger charge is 2.07. The van der Waals surface area contributed by atoms with Gasteiger partial charge in [0, 0.05) is 12.4 Å². The highest BCUT2D eigenvalue weighted by molar-refractivity contribution is 9.10. The second-order valence-electron chi connectivity index (χ2n) is 2.90. The van der Waals surface area contributed by atoms with E-state index in [2.05, 4.69) is 25.9 Å². The molecule has 0 unspecified atom stereocenters. The highest BCUT2D eigenvalue weighted by Crippen LogP contribution is 2.27. The number of rotatable bonds is 2. The molecule has 2 rings (SSSR count). The van der Waals surface area contributed by atoms with Crippen molar-refractivity contribution in [1.29, 1.82) is 0 Å². The Bertz CT molecular complexity index is 571. The van der Waals surface area contributed by atoms with E-state index in [9.17, 15) is 9.18 Å². The van der Waals surface area contributed by atoms with Crippen LogP contribution in [-0.4, -0.2) is 9.97 Å². The first-order chi connectivity index (χ1) is 7.66. The number of hydrogen-bond acceptors (Lipinski definition) is 3. The smallest absolute Gasteiger partial charge is 0.311 e. The maximum Gasteiger partial charge on any atom is 0.311 e. The molecule has 0 radical (unpaired) electrons. The van der Waals surface area contributed by atoms with Gasteiger partial charge in [-0.05, 0) is 34.1 Å². The highest BCUT2D eigenvalue weighted by atomic mass is 79.9. The summed E-state index contributed by atoms with van der Waals surface area (Å²) in [5.74, 6) is -0.158. The topological polar surface area (TPSA) is 55.0 Å². The predicted octanol–water partition coefficient (Wildman–Crippen LogP) is 2.46. The van der Waals surface area contributed by atoms with Gasteiger partial charge in [-0.1, -0.05) is 0 Å². The Hall–Kier alpha value is -1.69. The van der Waals surface area contributed by atoms with Crippen LogP contribution in [0.4, 0.5) is 4.39 Å². The SMILES string of the molecule is O=c1[nH]ccnc1Oc1ccc(F)cc1Br. The van der Waals surface area contributed by atoms with E-state index in [1.54, 1.807) is 0 Å². The van der Waals surface area contributed by atoms with Gasteiger partial charge in [0.1, 0.15) is 11.6 Å². The van der Waals surface area contributed by atoms with Crippen molar-refractivity contribution in [2.24, 2.45) is 0 Å². The molecule has 0 saturated carbocycles. The summed E-state index contributed by atoms with van der Waals surface area (Å²) < 4.78 is 18.4. The third-order valence-corrected chi connectivity index (χ3v) is 2.40. The summed E-state index contributed by atoms with van der Waals surface area (Å²) in [5, 5.41) is 0. The number of nitrogens with zero attached hydrogens (tertiary/aromatic N) is 1. The van der Waals surface area contributed by atoms with Crippen LogP contribution in [0.1, 0.15) is 0 Å². The van der Waals surface area contributed by atoms with Crippen LogP contribution in [-0.2, 0) is 0 Å². The second kappa shape index (κ2) is 4.44. The van der Waals surface area contributed by atoms with Crippen molar-refractivity contribution in [1.82, 2.24) is 9.97 Å². The van der Waals surface area contributed by atoms with Crippen LogP contribution in [0.3, 0.4) is 0 Å². The van der Waals surface area contributed by atoms with E-state index in [-0.39, 0.29) is 5.88 Å². The Balaban J connectivity index is 2.35. The second-order valence-corrected chi connectivity index (χ2v) is 3.75. The normalized spacial score (nSPS) is 10.1. The zero-order valence-electron chi connectivity index (χ0n) is 7.91. The molecule has 0 amide bonds. The maximum atomic E-state index is 12.8. The van der Waals surface area contributed by atoms with Crippen molar-refractivity contribution >= 4 is 15.9 Å². The third kappa shape index (κ3) is 2.27. The number of aromatic amines is 1. The lowest BCUT2D eigenvalue weighted by atomic mass is 10.3. The number of ether oxygens (including phenoxy) is 1. The summed E-state index contributed by atoms with van der Waals surface area (Å²) in [4.78, 5) is 17.4. The average molecular weight is 285 g/mol. The van der Waals surface area contributed by atoms with E-state index in [4.69, 9.17) is 4.74 Å². The number of benzene rings is 1. The summed E-state index contributed by atoms with van der Waals surface area (Å²) in [6, 6.07) is 3.89. The lowest BCUT2D eigenvalue weighted by molar-refractivity contribution is 0.450. The van der Waals surface area contributed by atoms with Crippen molar-refractivity contribution in [3.05, 3.63) is 51.2 Å². The van der Waals surface area contributed by atoms with Crippen LogP contribution >= 0.6 is 15.9 Å². The van der Waals surface area contributed by atoms with E-state index in [1.807, 2.05) is 0 Å². The minimum Gasteiger partial charge on any atom is -0.433 e.